The summed E-state index contributed by atoms with van der Waals surface area (Å²) in [6.07, 6.45) is 3.67. The van der Waals surface area contributed by atoms with Crippen LogP contribution in [-0.2, 0) is 6.42 Å². The highest BCUT2D eigenvalue weighted by atomic mass is 32.1. The Morgan fingerprint density at radius 2 is 2.10 bits per heavy atom. The van der Waals surface area contributed by atoms with Gasteiger partial charge >= 0.3 is 0 Å². The van der Waals surface area contributed by atoms with Gasteiger partial charge in [0.1, 0.15) is 21.5 Å². The van der Waals surface area contributed by atoms with Crippen LogP contribution in [0.15, 0.2) is 23.0 Å². The van der Waals surface area contributed by atoms with Gasteiger partial charge in [-0.2, -0.15) is 0 Å². The predicted octanol–water partition coefficient (Wildman–Crippen LogP) is 4.27. The summed E-state index contributed by atoms with van der Waals surface area (Å²) in [7, 11) is 0. The second kappa shape index (κ2) is 5.85. The Labute approximate surface area is 125 Å². The zero-order valence-electron chi connectivity index (χ0n) is 11.5. The molecule has 104 valence electrons. The quantitative estimate of drug-likeness (QED) is 0.764. The van der Waals surface area contributed by atoms with E-state index < -0.39 is 0 Å². The Morgan fingerprint density at radius 3 is 2.80 bits per heavy atom. The minimum absolute atomic E-state index is 0.206. The Kier molecular flexibility index (Phi) is 3.93. The van der Waals surface area contributed by atoms with Crippen LogP contribution in [0.1, 0.15) is 37.1 Å². The molecule has 0 unspecified atom stereocenters. The molecule has 3 aromatic rings. The van der Waals surface area contributed by atoms with Crippen molar-refractivity contribution in [3.05, 3.63) is 33.9 Å². The third-order valence-corrected chi connectivity index (χ3v) is 4.85. The van der Waals surface area contributed by atoms with Gasteiger partial charge in [0.25, 0.3) is 0 Å². The summed E-state index contributed by atoms with van der Waals surface area (Å²) in [6.45, 7) is 4.24. The number of thiazole rings is 1. The van der Waals surface area contributed by atoms with Crippen molar-refractivity contribution < 1.29 is 0 Å². The van der Waals surface area contributed by atoms with Gasteiger partial charge in [0.05, 0.1) is 11.4 Å². The van der Waals surface area contributed by atoms with Crippen molar-refractivity contribution in [2.45, 2.75) is 32.7 Å². The molecule has 0 saturated carbocycles. The van der Waals surface area contributed by atoms with E-state index in [2.05, 4.69) is 45.6 Å². The molecule has 0 amide bonds. The normalized spacial score (nSPS) is 12.7. The van der Waals surface area contributed by atoms with Crippen LogP contribution >= 0.6 is 22.7 Å². The first kappa shape index (κ1) is 13.5. The number of aromatic nitrogens is 3. The first-order valence-electron chi connectivity index (χ1n) is 6.71. The Morgan fingerprint density at radius 1 is 1.20 bits per heavy atom. The molecule has 3 aromatic heterocycles. The summed E-state index contributed by atoms with van der Waals surface area (Å²) in [5.74, 6) is 1.81. The first-order chi connectivity index (χ1) is 9.81. The second-order valence-corrected chi connectivity index (χ2v) is 6.28. The molecule has 0 aliphatic heterocycles. The molecule has 0 saturated heterocycles. The number of nitrogens with one attached hydrogen (secondary N) is 1. The summed E-state index contributed by atoms with van der Waals surface area (Å²) in [6, 6.07) is 2.29. The number of hydrogen-bond donors (Lipinski definition) is 1. The first-order valence-corrected chi connectivity index (χ1v) is 8.47. The van der Waals surface area contributed by atoms with E-state index in [0.29, 0.717) is 0 Å². The van der Waals surface area contributed by atoms with Crippen LogP contribution in [-0.4, -0.2) is 15.0 Å². The van der Waals surface area contributed by atoms with Crippen molar-refractivity contribution >= 4 is 38.7 Å². The fourth-order valence-corrected chi connectivity index (χ4v) is 3.63. The number of nitrogens with zero attached hydrogens (tertiary/aromatic N) is 3. The van der Waals surface area contributed by atoms with E-state index in [0.717, 1.165) is 39.7 Å². The van der Waals surface area contributed by atoms with Crippen LogP contribution in [0, 0.1) is 0 Å². The molecule has 0 aromatic carbocycles. The highest BCUT2D eigenvalue weighted by molar-refractivity contribution is 7.16. The van der Waals surface area contributed by atoms with Crippen molar-refractivity contribution in [2.75, 3.05) is 5.32 Å². The molecule has 0 bridgehead atoms. The molecule has 4 nitrogen and oxygen atoms in total. The van der Waals surface area contributed by atoms with Gasteiger partial charge in [-0.3, -0.25) is 0 Å². The molecule has 6 heteroatoms. The number of rotatable bonds is 5. The van der Waals surface area contributed by atoms with Crippen LogP contribution in [0.3, 0.4) is 0 Å². The van der Waals surface area contributed by atoms with E-state index >= 15 is 0 Å². The smallest absolute Gasteiger partial charge is 0.139 e. The maximum atomic E-state index is 4.65. The van der Waals surface area contributed by atoms with Crippen LogP contribution in [0.4, 0.5) is 5.82 Å². The molecule has 0 fully saturated rings. The summed E-state index contributed by atoms with van der Waals surface area (Å²) in [5, 5.41) is 9.82. The fourth-order valence-electron chi connectivity index (χ4n) is 2.08. The predicted molar refractivity (Wildman–Crippen MR) is 85.6 cm³/mol. The molecular formula is C14H16N4S2. The third kappa shape index (κ3) is 2.53. The molecule has 3 rings (SSSR count). The lowest BCUT2D eigenvalue weighted by Crippen LogP contribution is -2.11. The summed E-state index contributed by atoms with van der Waals surface area (Å²) >= 11 is 3.34. The largest absolute Gasteiger partial charge is 0.360 e. The number of anilines is 1. The number of aryl methyl sites for hydroxylation is 1. The highest BCUT2D eigenvalue weighted by Crippen LogP contribution is 2.29. The van der Waals surface area contributed by atoms with Crippen molar-refractivity contribution in [2.24, 2.45) is 0 Å². The van der Waals surface area contributed by atoms with Crippen molar-refractivity contribution in [1.82, 2.24) is 15.0 Å². The minimum atomic E-state index is 0.206. The van der Waals surface area contributed by atoms with Crippen molar-refractivity contribution in [3.63, 3.8) is 0 Å². The van der Waals surface area contributed by atoms with Gasteiger partial charge in [-0.15, -0.1) is 22.7 Å². The molecule has 20 heavy (non-hydrogen) atoms. The fraction of sp³-hybridized carbons (Fsp3) is 0.357. The van der Waals surface area contributed by atoms with Gasteiger partial charge in [0.2, 0.25) is 0 Å². The van der Waals surface area contributed by atoms with Gasteiger partial charge in [0.15, 0.2) is 0 Å². The van der Waals surface area contributed by atoms with Crippen LogP contribution < -0.4 is 5.32 Å². The Balaban J connectivity index is 1.98. The summed E-state index contributed by atoms with van der Waals surface area (Å²) in [5.41, 5.74) is 0. The lowest BCUT2D eigenvalue weighted by Gasteiger charge is -2.16. The van der Waals surface area contributed by atoms with E-state index in [1.807, 2.05) is 11.6 Å². The van der Waals surface area contributed by atoms with Gasteiger partial charge in [-0.1, -0.05) is 13.8 Å². The van der Waals surface area contributed by atoms with E-state index in [-0.39, 0.29) is 6.04 Å². The maximum Gasteiger partial charge on any atom is 0.139 e. The molecule has 0 aliphatic carbocycles. The SMILES string of the molecule is CCc1nc(N[C@@H](CC)c2nccs2)c2ccsc2n1. The molecule has 0 spiro atoms. The standard InChI is InChI=1S/C14H16N4S2/c1-3-10(14-15-6-8-20-14)16-12-9-5-7-19-13(9)18-11(4-2)17-12/h5-8,10H,3-4H2,1-2H3,(H,16,17,18)/t10-/m0/s1. The minimum Gasteiger partial charge on any atom is -0.360 e. The number of fused-ring (bicyclic) bond motifs is 1. The van der Waals surface area contributed by atoms with E-state index in [9.17, 15) is 0 Å². The van der Waals surface area contributed by atoms with Crippen LogP contribution in [0.2, 0.25) is 0 Å². The van der Waals surface area contributed by atoms with Crippen LogP contribution in [0.5, 0.6) is 0 Å². The summed E-state index contributed by atoms with van der Waals surface area (Å²) in [4.78, 5) is 14.7. The van der Waals surface area contributed by atoms with E-state index in [4.69, 9.17) is 0 Å². The Hall–Kier alpha value is -1.53. The summed E-state index contributed by atoms with van der Waals surface area (Å²) < 4.78 is 0. The molecule has 0 aliphatic rings. The maximum absolute atomic E-state index is 4.65. The third-order valence-electron chi connectivity index (χ3n) is 3.16. The van der Waals surface area contributed by atoms with E-state index in [1.165, 1.54) is 0 Å². The monoisotopic (exact) mass is 304 g/mol. The highest BCUT2D eigenvalue weighted by Gasteiger charge is 2.15. The number of hydrogen-bond acceptors (Lipinski definition) is 6. The van der Waals surface area contributed by atoms with Crippen molar-refractivity contribution in [3.8, 4) is 0 Å². The molecule has 1 atom stereocenters. The molecule has 0 radical (unpaired) electrons. The van der Waals surface area contributed by atoms with Gasteiger partial charge in [0, 0.05) is 18.0 Å². The zero-order valence-corrected chi connectivity index (χ0v) is 13.1. The van der Waals surface area contributed by atoms with Crippen molar-refractivity contribution in [1.29, 1.82) is 0 Å². The Bertz CT molecular complexity index is 690. The van der Waals surface area contributed by atoms with Gasteiger partial charge in [-0.25, -0.2) is 15.0 Å². The van der Waals surface area contributed by atoms with Gasteiger partial charge in [-0.05, 0) is 17.9 Å². The van der Waals surface area contributed by atoms with Crippen LogP contribution in [0.25, 0.3) is 10.2 Å². The number of thiophene rings is 1. The molecule has 1 N–H and O–H groups in total. The zero-order chi connectivity index (χ0) is 13.9. The second-order valence-electron chi connectivity index (χ2n) is 4.46. The lowest BCUT2D eigenvalue weighted by atomic mass is 10.2. The van der Waals surface area contributed by atoms with Gasteiger partial charge < -0.3 is 5.32 Å². The molecular weight excluding hydrogens is 288 g/mol. The lowest BCUT2D eigenvalue weighted by molar-refractivity contribution is 0.736. The van der Waals surface area contributed by atoms with E-state index in [1.54, 1.807) is 22.7 Å². The average Bonchev–Trinajstić information content (AvgIpc) is 3.14. The topological polar surface area (TPSA) is 50.7 Å². The average molecular weight is 304 g/mol. The molecule has 3 heterocycles.